The van der Waals surface area contributed by atoms with Crippen molar-refractivity contribution in [3.05, 3.63) is 11.7 Å². The van der Waals surface area contributed by atoms with Crippen LogP contribution in [0.3, 0.4) is 0 Å². The standard InChI is InChI=1S/C2H2FS/c3-1-2-4/h1-2H/b2-1+. The molecule has 0 aromatic heterocycles. The summed E-state index contributed by atoms with van der Waals surface area (Å²) < 4.78 is 10.4. The van der Waals surface area contributed by atoms with Gasteiger partial charge in [-0.25, -0.2) is 4.39 Å². The third kappa shape index (κ3) is 1.89. The van der Waals surface area contributed by atoms with Crippen molar-refractivity contribution in [2.75, 3.05) is 0 Å². The zero-order valence-corrected chi connectivity index (χ0v) is 2.76. The van der Waals surface area contributed by atoms with E-state index in [0.717, 1.165) is 5.41 Å². The van der Waals surface area contributed by atoms with Crippen molar-refractivity contribution in [2.24, 2.45) is 0 Å². The third-order valence-electron chi connectivity index (χ3n) is 0.0514. The minimum absolute atomic E-state index is 0.315. The first-order chi connectivity index (χ1) is 1.91. The molecule has 0 aliphatic carbocycles. The molecule has 0 aromatic carbocycles. The Morgan fingerprint density at radius 1 is 1.75 bits per heavy atom. The fourth-order valence-corrected chi connectivity index (χ4v) is 0. The molecule has 4 heavy (non-hydrogen) atoms. The summed E-state index contributed by atoms with van der Waals surface area (Å²) in [5.74, 6) is 0. The third-order valence-corrected chi connectivity index (χ3v) is 0.154. The van der Waals surface area contributed by atoms with Crippen LogP contribution in [-0.2, 0) is 0 Å². The lowest BCUT2D eigenvalue weighted by molar-refractivity contribution is 0.724. The zero-order valence-electron chi connectivity index (χ0n) is 1.94. The van der Waals surface area contributed by atoms with E-state index in [0.29, 0.717) is 6.33 Å². The van der Waals surface area contributed by atoms with E-state index in [1.807, 2.05) is 0 Å². The van der Waals surface area contributed by atoms with Crippen molar-refractivity contribution in [3.63, 3.8) is 0 Å². The fourth-order valence-electron chi connectivity index (χ4n) is 0. The molecule has 0 unspecified atom stereocenters. The van der Waals surface area contributed by atoms with Crippen molar-refractivity contribution in [3.8, 4) is 0 Å². The summed E-state index contributed by atoms with van der Waals surface area (Å²) in [5, 5.41) is 0.917. The molecule has 23 valence electrons. The predicted octanol–water partition coefficient (Wildman–Crippen LogP) is 1.62. The maximum absolute atomic E-state index is 10.4. The quantitative estimate of drug-likeness (QED) is 0.412. The molecule has 0 bridgehead atoms. The van der Waals surface area contributed by atoms with Gasteiger partial charge in [0.25, 0.3) is 0 Å². The second-order valence-corrected chi connectivity index (χ2v) is 0.534. The highest BCUT2D eigenvalue weighted by atomic mass is 32.1. The molecule has 0 N–H and O–H groups in total. The number of hydrogen-bond acceptors (Lipinski definition) is 0. The van der Waals surface area contributed by atoms with Gasteiger partial charge in [-0.05, 0) is 0 Å². The van der Waals surface area contributed by atoms with E-state index in [1.165, 1.54) is 0 Å². The Hall–Kier alpha value is -0.110. The summed E-state index contributed by atoms with van der Waals surface area (Å²) in [5.41, 5.74) is 0. The van der Waals surface area contributed by atoms with Crippen LogP contribution in [0.2, 0.25) is 0 Å². The maximum Gasteiger partial charge on any atom is 0.0974 e. The largest absolute Gasteiger partial charge is 0.215 e. The van der Waals surface area contributed by atoms with Gasteiger partial charge in [-0.15, -0.1) is 0 Å². The highest BCUT2D eigenvalue weighted by molar-refractivity contribution is 7.83. The molecule has 0 rings (SSSR count). The van der Waals surface area contributed by atoms with Crippen LogP contribution in [0.15, 0.2) is 11.7 Å². The van der Waals surface area contributed by atoms with Crippen LogP contribution in [0.4, 0.5) is 4.39 Å². The lowest BCUT2D eigenvalue weighted by atomic mass is 11.2. The van der Waals surface area contributed by atoms with E-state index in [4.69, 9.17) is 0 Å². The van der Waals surface area contributed by atoms with E-state index in [9.17, 15) is 4.39 Å². The lowest BCUT2D eigenvalue weighted by Gasteiger charge is -1.43. The topological polar surface area (TPSA) is 0 Å². The molecule has 0 saturated heterocycles. The molecule has 0 nitrogen and oxygen atoms in total. The van der Waals surface area contributed by atoms with Crippen LogP contribution in [0.1, 0.15) is 0 Å². The molecule has 0 heterocycles. The van der Waals surface area contributed by atoms with E-state index >= 15 is 0 Å². The Kier molecular flexibility index (Phi) is 2.81. The fraction of sp³-hybridized carbons (Fsp3) is 0. The Morgan fingerprint density at radius 3 is 2.00 bits per heavy atom. The van der Waals surface area contributed by atoms with E-state index in [1.54, 1.807) is 0 Å². The van der Waals surface area contributed by atoms with Crippen molar-refractivity contribution in [1.29, 1.82) is 0 Å². The Balaban J connectivity index is 2.55. The SMILES string of the molecule is F/C=C/[S]. The Morgan fingerprint density at radius 2 is 2.00 bits per heavy atom. The van der Waals surface area contributed by atoms with Crippen LogP contribution in [0, 0.1) is 0 Å². The molecule has 0 aliphatic rings. The smallest absolute Gasteiger partial charge is 0.0974 e. The van der Waals surface area contributed by atoms with Crippen molar-refractivity contribution >= 4 is 12.6 Å². The average Bonchev–Trinajstić information content (AvgIpc) is 1.37. The van der Waals surface area contributed by atoms with Gasteiger partial charge in [0.15, 0.2) is 0 Å². The van der Waals surface area contributed by atoms with Crippen molar-refractivity contribution in [2.45, 2.75) is 0 Å². The minimum atomic E-state index is 0.315. The van der Waals surface area contributed by atoms with Gasteiger partial charge < -0.3 is 0 Å². The predicted molar refractivity (Wildman–Crippen MR) is 17.8 cm³/mol. The average molecular weight is 77.1 g/mol. The summed E-state index contributed by atoms with van der Waals surface area (Å²) in [7, 11) is 0. The molecule has 2 heteroatoms. The zero-order chi connectivity index (χ0) is 3.41. The molecule has 1 radical (unpaired) electrons. The Labute approximate surface area is 29.7 Å². The summed E-state index contributed by atoms with van der Waals surface area (Å²) in [6.45, 7) is 0. The number of rotatable bonds is 0. The van der Waals surface area contributed by atoms with Crippen LogP contribution in [-0.4, -0.2) is 0 Å². The van der Waals surface area contributed by atoms with Gasteiger partial charge in [-0.1, -0.05) is 12.6 Å². The summed E-state index contributed by atoms with van der Waals surface area (Å²) in [4.78, 5) is 0. The van der Waals surface area contributed by atoms with Gasteiger partial charge in [0.2, 0.25) is 0 Å². The molecular weight excluding hydrogens is 75.1 g/mol. The normalized spacial score (nSPS) is 9.25. The van der Waals surface area contributed by atoms with Gasteiger partial charge >= 0.3 is 0 Å². The van der Waals surface area contributed by atoms with Crippen LogP contribution < -0.4 is 0 Å². The lowest BCUT2D eigenvalue weighted by Crippen LogP contribution is -1.15. The molecule has 0 atom stereocenters. The maximum atomic E-state index is 10.4. The second kappa shape index (κ2) is 2.89. The van der Waals surface area contributed by atoms with Crippen molar-refractivity contribution < 1.29 is 4.39 Å². The highest BCUT2D eigenvalue weighted by Crippen LogP contribution is 1.72. The van der Waals surface area contributed by atoms with E-state index in [-0.39, 0.29) is 0 Å². The monoisotopic (exact) mass is 77.0 g/mol. The molecule has 0 aromatic rings. The molecule has 0 spiro atoms. The molecule has 0 saturated carbocycles. The molecule has 0 fully saturated rings. The number of hydrogen-bond donors (Lipinski definition) is 0. The van der Waals surface area contributed by atoms with Crippen LogP contribution in [0.5, 0.6) is 0 Å². The first-order valence-electron chi connectivity index (χ1n) is 0.787. The van der Waals surface area contributed by atoms with Gasteiger partial charge in [0, 0.05) is 5.41 Å². The van der Waals surface area contributed by atoms with Gasteiger partial charge in [0.05, 0.1) is 6.33 Å². The second-order valence-electron chi connectivity index (χ2n) is 0.262. The highest BCUT2D eigenvalue weighted by Gasteiger charge is 1.41. The molecular formula is C2H2FS. The van der Waals surface area contributed by atoms with Gasteiger partial charge in [-0.2, -0.15) is 0 Å². The van der Waals surface area contributed by atoms with Gasteiger partial charge in [0.1, 0.15) is 0 Å². The Bertz CT molecular complexity index is 21.2. The minimum Gasteiger partial charge on any atom is -0.215 e. The summed E-state index contributed by atoms with van der Waals surface area (Å²) in [6.07, 6.45) is 0.315. The van der Waals surface area contributed by atoms with E-state index in [2.05, 4.69) is 12.6 Å². The number of halogens is 1. The van der Waals surface area contributed by atoms with Crippen LogP contribution in [0.25, 0.3) is 0 Å². The molecule has 0 amide bonds. The van der Waals surface area contributed by atoms with Gasteiger partial charge in [-0.3, -0.25) is 0 Å². The van der Waals surface area contributed by atoms with Crippen molar-refractivity contribution in [1.82, 2.24) is 0 Å². The van der Waals surface area contributed by atoms with E-state index < -0.39 is 0 Å². The first kappa shape index (κ1) is 3.89. The summed E-state index contributed by atoms with van der Waals surface area (Å²) >= 11 is 4.00. The first-order valence-corrected chi connectivity index (χ1v) is 1.26. The summed E-state index contributed by atoms with van der Waals surface area (Å²) in [6, 6.07) is 0. The molecule has 0 aliphatic heterocycles. The van der Waals surface area contributed by atoms with Crippen LogP contribution >= 0.6 is 12.6 Å².